The quantitative estimate of drug-likeness (QED) is 0.372. The van der Waals surface area contributed by atoms with E-state index in [-0.39, 0.29) is 17.8 Å². The molecule has 34 heavy (non-hydrogen) atoms. The van der Waals surface area contributed by atoms with Crippen LogP contribution in [0.3, 0.4) is 0 Å². The van der Waals surface area contributed by atoms with Crippen LogP contribution in [0, 0.1) is 5.82 Å². The van der Waals surface area contributed by atoms with Crippen molar-refractivity contribution in [3.8, 4) is 11.3 Å². The number of piperidine rings is 1. The van der Waals surface area contributed by atoms with Gasteiger partial charge >= 0.3 is 0 Å². The van der Waals surface area contributed by atoms with Crippen LogP contribution >= 0.6 is 0 Å². The van der Waals surface area contributed by atoms with E-state index < -0.39 is 5.82 Å². The number of aromatic nitrogens is 4. The molecule has 5 rings (SSSR count). The van der Waals surface area contributed by atoms with Gasteiger partial charge in [-0.1, -0.05) is 18.7 Å². The number of anilines is 3. The molecule has 0 spiro atoms. The van der Waals surface area contributed by atoms with Crippen LogP contribution in [0.25, 0.3) is 22.3 Å². The summed E-state index contributed by atoms with van der Waals surface area (Å²) in [4.78, 5) is 23.4. The number of nitrogens with one attached hydrogen (secondary N) is 2. The number of hydrogen-bond acceptors (Lipinski definition) is 6. The zero-order valence-electron chi connectivity index (χ0n) is 18.7. The fraction of sp³-hybridized carbons (Fsp3) is 0.231. The van der Waals surface area contributed by atoms with Gasteiger partial charge in [-0.2, -0.15) is 10.1 Å². The molecule has 2 aromatic carbocycles. The van der Waals surface area contributed by atoms with Crippen molar-refractivity contribution in [2.75, 3.05) is 23.3 Å². The first kappa shape index (κ1) is 21.8. The molecule has 0 amide bonds. The Kier molecular flexibility index (Phi) is 6.03. The van der Waals surface area contributed by atoms with Crippen LogP contribution in [0.2, 0.25) is 0 Å². The highest BCUT2D eigenvalue weighted by Crippen LogP contribution is 2.31. The zero-order chi connectivity index (χ0) is 23.5. The molecule has 7 nitrogen and oxygen atoms in total. The van der Waals surface area contributed by atoms with E-state index in [2.05, 4.69) is 49.1 Å². The van der Waals surface area contributed by atoms with Crippen LogP contribution in [0.5, 0.6) is 0 Å². The Morgan fingerprint density at radius 3 is 2.82 bits per heavy atom. The lowest BCUT2D eigenvalue weighted by Crippen LogP contribution is -2.29. The van der Waals surface area contributed by atoms with Crippen molar-refractivity contribution in [1.29, 1.82) is 0 Å². The zero-order valence-corrected chi connectivity index (χ0v) is 18.7. The minimum Gasteiger partial charge on any atom is -0.371 e. The van der Waals surface area contributed by atoms with E-state index in [0.717, 1.165) is 24.5 Å². The van der Waals surface area contributed by atoms with Gasteiger partial charge in [-0.15, -0.1) is 0 Å². The summed E-state index contributed by atoms with van der Waals surface area (Å²) in [5.74, 6) is -0.242. The van der Waals surface area contributed by atoms with Gasteiger partial charge in [-0.25, -0.2) is 9.37 Å². The number of aromatic amines is 1. The molecule has 1 fully saturated rings. The van der Waals surface area contributed by atoms with E-state index in [4.69, 9.17) is 0 Å². The van der Waals surface area contributed by atoms with E-state index >= 15 is 0 Å². The van der Waals surface area contributed by atoms with Gasteiger partial charge in [0.2, 0.25) is 5.95 Å². The number of hydrogen-bond donors (Lipinski definition) is 2. The third-order valence-corrected chi connectivity index (χ3v) is 6.03. The molecule has 1 aliphatic heterocycles. The Bertz CT molecular complexity index is 1360. The summed E-state index contributed by atoms with van der Waals surface area (Å²) in [5.41, 5.74) is 3.86. The molecule has 2 aromatic heterocycles. The Balaban J connectivity index is 1.50. The summed E-state index contributed by atoms with van der Waals surface area (Å²) in [6.45, 7) is 5.61. The fourth-order valence-corrected chi connectivity index (χ4v) is 4.29. The Morgan fingerprint density at radius 1 is 1.15 bits per heavy atom. The largest absolute Gasteiger partial charge is 0.371 e. The van der Waals surface area contributed by atoms with Crippen molar-refractivity contribution in [3.63, 3.8) is 0 Å². The van der Waals surface area contributed by atoms with Gasteiger partial charge in [0.15, 0.2) is 11.4 Å². The third kappa shape index (κ3) is 4.52. The smallest absolute Gasteiger partial charge is 0.229 e. The molecule has 0 aliphatic carbocycles. The van der Waals surface area contributed by atoms with Gasteiger partial charge in [0, 0.05) is 36.4 Å². The monoisotopic (exact) mass is 456 g/mol. The molecule has 172 valence electrons. The van der Waals surface area contributed by atoms with E-state index in [1.807, 2.05) is 12.1 Å². The van der Waals surface area contributed by atoms with Crippen LogP contribution in [0.1, 0.15) is 24.8 Å². The highest BCUT2D eigenvalue weighted by atomic mass is 19.1. The Hall–Kier alpha value is -4.07. The van der Waals surface area contributed by atoms with Gasteiger partial charge in [0.05, 0.1) is 17.3 Å². The van der Waals surface area contributed by atoms with Crippen LogP contribution < -0.4 is 10.2 Å². The highest BCUT2D eigenvalue weighted by Gasteiger charge is 2.17. The molecular formula is C26H25FN6O. The molecule has 0 radical (unpaired) electrons. The van der Waals surface area contributed by atoms with Crippen LogP contribution in [0.15, 0.2) is 61.3 Å². The molecule has 0 unspecified atom stereocenters. The summed E-state index contributed by atoms with van der Waals surface area (Å²) >= 11 is 0. The van der Waals surface area contributed by atoms with Gasteiger partial charge in [-0.05, 0) is 61.2 Å². The maximum absolute atomic E-state index is 14.9. The summed E-state index contributed by atoms with van der Waals surface area (Å²) in [5, 5.41) is 10.8. The Labute approximate surface area is 196 Å². The van der Waals surface area contributed by atoms with E-state index in [1.54, 1.807) is 18.3 Å². The van der Waals surface area contributed by atoms with Crippen molar-refractivity contribution in [1.82, 2.24) is 20.2 Å². The molecule has 0 saturated carbocycles. The summed E-state index contributed by atoms with van der Waals surface area (Å²) in [7, 11) is 0. The molecule has 2 N–H and O–H groups in total. The molecule has 0 bridgehead atoms. The lowest BCUT2D eigenvalue weighted by atomic mass is 10.0. The van der Waals surface area contributed by atoms with Gasteiger partial charge in [0.25, 0.3) is 0 Å². The normalized spacial score (nSPS) is 13.7. The number of halogens is 1. The summed E-state index contributed by atoms with van der Waals surface area (Å²) in [6.07, 6.45) is 6.65. The summed E-state index contributed by atoms with van der Waals surface area (Å²) in [6, 6.07) is 12.7. The molecule has 8 heteroatoms. The van der Waals surface area contributed by atoms with Crippen molar-refractivity contribution < 1.29 is 9.18 Å². The standard InChI is InChI=1S/C26H25FN6O/c1-2-20(34)13-17-9-10-23(27)21(14-17)24-22-16-28-32-25(22)31-26(30-24)29-18-7-6-8-19(15-18)33-11-4-3-5-12-33/h2,6-10,14-16H,1,3-5,11-13H2,(H2,28,29,30,31,32). The van der Waals surface area contributed by atoms with Crippen LogP contribution in [-0.2, 0) is 11.2 Å². The second kappa shape index (κ2) is 9.43. The molecule has 3 heterocycles. The van der Waals surface area contributed by atoms with Crippen LogP contribution in [-0.4, -0.2) is 39.0 Å². The van der Waals surface area contributed by atoms with Crippen LogP contribution in [0.4, 0.5) is 21.7 Å². The summed E-state index contributed by atoms with van der Waals surface area (Å²) < 4.78 is 14.9. The number of H-pyrrole nitrogens is 1. The number of nitrogens with zero attached hydrogens (tertiary/aromatic N) is 4. The first-order valence-electron chi connectivity index (χ1n) is 11.4. The minimum atomic E-state index is -0.436. The number of allylic oxidation sites excluding steroid dienone is 1. The number of benzene rings is 2. The fourth-order valence-electron chi connectivity index (χ4n) is 4.29. The topological polar surface area (TPSA) is 86.8 Å². The van der Waals surface area contributed by atoms with E-state index in [9.17, 15) is 9.18 Å². The number of fused-ring (bicyclic) bond motifs is 1. The average molecular weight is 457 g/mol. The number of rotatable bonds is 7. The first-order valence-corrected chi connectivity index (χ1v) is 11.4. The van der Waals surface area contributed by atoms with Crippen molar-refractivity contribution in [2.24, 2.45) is 0 Å². The minimum absolute atomic E-state index is 0.135. The third-order valence-electron chi connectivity index (χ3n) is 6.03. The van der Waals surface area contributed by atoms with Gasteiger partial charge in [0.1, 0.15) is 5.82 Å². The molecule has 0 atom stereocenters. The lowest BCUT2D eigenvalue weighted by Gasteiger charge is -2.29. The predicted molar refractivity (Wildman–Crippen MR) is 132 cm³/mol. The molecule has 4 aromatic rings. The molecule has 1 aliphatic rings. The predicted octanol–water partition coefficient (Wildman–Crippen LogP) is 5.19. The van der Waals surface area contributed by atoms with Crippen molar-refractivity contribution >= 4 is 34.1 Å². The van der Waals surface area contributed by atoms with Crippen molar-refractivity contribution in [3.05, 3.63) is 72.7 Å². The number of carbonyl (C=O) groups is 1. The Morgan fingerprint density at radius 2 is 2.00 bits per heavy atom. The van der Waals surface area contributed by atoms with Crippen molar-refractivity contribution in [2.45, 2.75) is 25.7 Å². The first-order chi connectivity index (χ1) is 16.6. The van der Waals surface area contributed by atoms with E-state index in [1.165, 1.54) is 31.4 Å². The van der Waals surface area contributed by atoms with Gasteiger partial charge < -0.3 is 10.2 Å². The second-order valence-electron chi connectivity index (χ2n) is 8.41. The van der Waals surface area contributed by atoms with Gasteiger partial charge in [-0.3, -0.25) is 9.89 Å². The molecular weight excluding hydrogens is 431 g/mol. The highest BCUT2D eigenvalue weighted by molar-refractivity contribution is 5.93. The second-order valence-corrected chi connectivity index (χ2v) is 8.41. The SMILES string of the molecule is C=CC(=O)Cc1ccc(F)c(-c2nc(Nc3cccc(N4CCCCC4)c3)nc3[nH]ncc23)c1. The maximum atomic E-state index is 14.9. The average Bonchev–Trinajstić information content (AvgIpc) is 3.34. The maximum Gasteiger partial charge on any atom is 0.229 e. The lowest BCUT2D eigenvalue weighted by molar-refractivity contribution is -0.114. The van der Waals surface area contributed by atoms with E-state index in [0.29, 0.717) is 28.2 Å². The number of carbonyl (C=O) groups excluding carboxylic acids is 1. The number of ketones is 1. The molecule has 1 saturated heterocycles.